The lowest BCUT2D eigenvalue weighted by molar-refractivity contribution is -0.384. The molecular weight excluding hydrogens is 278 g/mol. The molecule has 0 saturated heterocycles. The number of carbonyl (C=O) groups is 1. The number of aromatic nitrogens is 2. The molecule has 2 heterocycles. The van der Waals surface area contributed by atoms with Gasteiger partial charge in [0.25, 0.3) is 11.6 Å². The maximum absolute atomic E-state index is 12.1. The molecule has 1 aromatic carbocycles. The van der Waals surface area contributed by atoms with E-state index in [1.807, 2.05) is 0 Å². The second-order valence-corrected chi connectivity index (χ2v) is 4.20. The van der Waals surface area contributed by atoms with Gasteiger partial charge in [0.2, 0.25) is 0 Å². The number of nitrogens with zero attached hydrogens (tertiary/aromatic N) is 3. The van der Waals surface area contributed by atoms with Gasteiger partial charge in [-0.25, -0.2) is 9.78 Å². The number of rotatable bonds is 2. The van der Waals surface area contributed by atoms with Gasteiger partial charge in [-0.2, -0.15) is 0 Å². The van der Waals surface area contributed by atoms with Crippen LogP contribution in [0.2, 0.25) is 0 Å². The molecule has 0 aliphatic carbocycles. The molecule has 3 aromatic rings. The van der Waals surface area contributed by atoms with E-state index in [4.69, 9.17) is 4.42 Å². The van der Waals surface area contributed by atoms with E-state index >= 15 is 0 Å². The zero-order valence-corrected chi connectivity index (χ0v) is 10.4. The van der Waals surface area contributed by atoms with E-state index in [-0.39, 0.29) is 16.8 Å². The molecule has 0 bridgehead atoms. The molecule has 0 unspecified atom stereocenters. The Labute approximate surface area is 116 Å². The van der Waals surface area contributed by atoms with Crippen molar-refractivity contribution >= 4 is 22.6 Å². The van der Waals surface area contributed by atoms with Crippen molar-refractivity contribution in [3.63, 3.8) is 0 Å². The molecule has 3 rings (SSSR count). The van der Waals surface area contributed by atoms with Crippen LogP contribution in [-0.4, -0.2) is 20.4 Å². The van der Waals surface area contributed by atoms with Gasteiger partial charge >= 0.3 is 5.63 Å². The molecule has 0 fully saturated rings. The molecular formula is C13H7N3O5. The lowest BCUT2D eigenvalue weighted by Crippen LogP contribution is -2.19. The first-order valence-corrected chi connectivity index (χ1v) is 5.81. The zero-order chi connectivity index (χ0) is 15.0. The number of benzene rings is 1. The summed E-state index contributed by atoms with van der Waals surface area (Å²) in [5, 5.41) is 11.0. The Bertz CT molecular complexity index is 911. The second kappa shape index (κ2) is 4.67. The van der Waals surface area contributed by atoms with E-state index in [0.29, 0.717) is 5.39 Å². The van der Waals surface area contributed by atoms with Crippen molar-refractivity contribution in [3.8, 4) is 0 Å². The fraction of sp³-hybridized carbons (Fsp3) is 0. The summed E-state index contributed by atoms with van der Waals surface area (Å²) in [5.41, 5.74) is -1.01. The first-order valence-electron chi connectivity index (χ1n) is 5.81. The van der Waals surface area contributed by atoms with Gasteiger partial charge in [0.1, 0.15) is 17.5 Å². The lowest BCUT2D eigenvalue weighted by Gasteiger charge is -2.02. The van der Waals surface area contributed by atoms with Gasteiger partial charge < -0.3 is 4.42 Å². The van der Waals surface area contributed by atoms with Gasteiger partial charge in [-0.3, -0.25) is 19.5 Å². The summed E-state index contributed by atoms with van der Waals surface area (Å²) in [5.74, 6) is -0.616. The van der Waals surface area contributed by atoms with Crippen molar-refractivity contribution in [2.45, 2.75) is 0 Å². The van der Waals surface area contributed by atoms with Gasteiger partial charge in [-0.05, 0) is 12.1 Å². The third-order valence-corrected chi connectivity index (χ3v) is 2.90. The topological polar surface area (TPSA) is 108 Å². The van der Waals surface area contributed by atoms with Crippen LogP contribution in [0.15, 0.2) is 52.2 Å². The first-order chi connectivity index (χ1) is 10.1. The number of imidazole rings is 1. The normalized spacial score (nSPS) is 10.7. The van der Waals surface area contributed by atoms with Crippen molar-refractivity contribution < 1.29 is 14.1 Å². The summed E-state index contributed by atoms with van der Waals surface area (Å²) < 4.78 is 6.13. The number of nitro benzene ring substituents is 1. The van der Waals surface area contributed by atoms with Crippen LogP contribution in [0.5, 0.6) is 0 Å². The van der Waals surface area contributed by atoms with Crippen LogP contribution in [0.1, 0.15) is 10.4 Å². The van der Waals surface area contributed by atoms with Crippen LogP contribution in [0, 0.1) is 10.1 Å². The molecule has 21 heavy (non-hydrogen) atoms. The molecule has 0 amide bonds. The van der Waals surface area contributed by atoms with E-state index < -0.39 is 16.5 Å². The Kier molecular flexibility index (Phi) is 2.83. The number of hydrogen-bond donors (Lipinski definition) is 0. The summed E-state index contributed by atoms with van der Waals surface area (Å²) >= 11 is 0. The van der Waals surface area contributed by atoms with Crippen LogP contribution in [-0.2, 0) is 0 Å². The highest BCUT2D eigenvalue weighted by molar-refractivity contribution is 5.98. The van der Waals surface area contributed by atoms with Crippen molar-refractivity contribution in [2.75, 3.05) is 0 Å². The first kappa shape index (κ1) is 12.7. The SMILES string of the molecule is O=C(c1cc2cc([N+](=O)[O-])ccc2oc1=O)n1ccnc1. The summed E-state index contributed by atoms with van der Waals surface area (Å²) in [7, 11) is 0. The molecule has 0 spiro atoms. The maximum Gasteiger partial charge on any atom is 0.349 e. The molecule has 0 aliphatic rings. The summed E-state index contributed by atoms with van der Waals surface area (Å²) in [6, 6.07) is 5.06. The fourth-order valence-electron chi connectivity index (χ4n) is 1.89. The Morgan fingerprint density at radius 2 is 2.14 bits per heavy atom. The summed E-state index contributed by atoms with van der Waals surface area (Å²) in [4.78, 5) is 37.9. The standard InChI is InChI=1S/C13H7N3O5/c17-12(15-4-3-14-7-15)10-6-8-5-9(16(19)20)1-2-11(8)21-13(10)18/h1-7H. The fourth-order valence-corrected chi connectivity index (χ4v) is 1.89. The van der Waals surface area contributed by atoms with Gasteiger partial charge in [0.15, 0.2) is 0 Å². The number of fused-ring (bicyclic) bond motifs is 1. The second-order valence-electron chi connectivity index (χ2n) is 4.20. The van der Waals surface area contributed by atoms with Crippen LogP contribution in [0.4, 0.5) is 5.69 Å². The molecule has 8 heteroatoms. The van der Waals surface area contributed by atoms with E-state index in [1.54, 1.807) is 0 Å². The predicted octanol–water partition coefficient (Wildman–Crippen LogP) is 1.59. The highest BCUT2D eigenvalue weighted by atomic mass is 16.6. The van der Waals surface area contributed by atoms with Crippen LogP contribution in [0.3, 0.4) is 0 Å². The van der Waals surface area contributed by atoms with Crippen molar-refractivity contribution in [3.05, 3.63) is 69.1 Å². The molecule has 0 saturated carbocycles. The van der Waals surface area contributed by atoms with Gasteiger partial charge in [-0.1, -0.05) is 0 Å². The largest absolute Gasteiger partial charge is 0.422 e. The molecule has 0 atom stereocenters. The molecule has 104 valence electrons. The van der Waals surface area contributed by atoms with Gasteiger partial charge in [0, 0.05) is 29.9 Å². The van der Waals surface area contributed by atoms with E-state index in [2.05, 4.69) is 4.98 Å². The number of hydrogen-bond acceptors (Lipinski definition) is 6. The predicted molar refractivity (Wildman–Crippen MR) is 71.1 cm³/mol. The third-order valence-electron chi connectivity index (χ3n) is 2.90. The summed E-state index contributed by atoms with van der Waals surface area (Å²) in [6.07, 6.45) is 4.03. The number of non-ortho nitro benzene ring substituents is 1. The van der Waals surface area contributed by atoms with E-state index in [9.17, 15) is 19.7 Å². The zero-order valence-electron chi connectivity index (χ0n) is 10.4. The maximum atomic E-state index is 12.1. The van der Waals surface area contributed by atoms with Crippen molar-refractivity contribution in [1.82, 2.24) is 9.55 Å². The van der Waals surface area contributed by atoms with Crippen molar-refractivity contribution in [2.24, 2.45) is 0 Å². The van der Waals surface area contributed by atoms with Crippen LogP contribution < -0.4 is 5.63 Å². The lowest BCUT2D eigenvalue weighted by atomic mass is 10.1. The van der Waals surface area contributed by atoms with Gasteiger partial charge in [-0.15, -0.1) is 0 Å². The Morgan fingerprint density at radius 3 is 2.81 bits per heavy atom. The van der Waals surface area contributed by atoms with Crippen LogP contribution >= 0.6 is 0 Å². The Balaban J connectivity index is 2.19. The Morgan fingerprint density at radius 1 is 1.33 bits per heavy atom. The smallest absolute Gasteiger partial charge is 0.349 e. The average molecular weight is 285 g/mol. The van der Waals surface area contributed by atoms with Gasteiger partial charge in [0.05, 0.1) is 4.92 Å². The average Bonchev–Trinajstić information content (AvgIpc) is 2.99. The highest BCUT2D eigenvalue weighted by Gasteiger charge is 2.16. The molecule has 8 nitrogen and oxygen atoms in total. The molecule has 2 aromatic heterocycles. The minimum absolute atomic E-state index is 0.155. The third kappa shape index (κ3) is 2.18. The molecule has 0 aliphatic heterocycles. The molecule has 0 N–H and O–H groups in total. The quantitative estimate of drug-likeness (QED) is 0.402. The number of nitro groups is 1. The minimum Gasteiger partial charge on any atom is -0.422 e. The number of carbonyl (C=O) groups excluding carboxylic acids is 1. The van der Waals surface area contributed by atoms with Crippen LogP contribution in [0.25, 0.3) is 11.0 Å². The highest BCUT2D eigenvalue weighted by Crippen LogP contribution is 2.20. The van der Waals surface area contributed by atoms with E-state index in [1.165, 1.54) is 43.0 Å². The van der Waals surface area contributed by atoms with Crippen molar-refractivity contribution in [1.29, 1.82) is 0 Å². The Hall–Kier alpha value is -3.29. The minimum atomic E-state index is -0.810. The molecule has 0 radical (unpaired) electrons. The van der Waals surface area contributed by atoms with E-state index in [0.717, 1.165) is 4.57 Å². The summed E-state index contributed by atoms with van der Waals surface area (Å²) in [6.45, 7) is 0. The monoisotopic (exact) mass is 285 g/mol.